The molecule has 1 atom stereocenters. The third kappa shape index (κ3) is 5.33. The fourth-order valence-corrected chi connectivity index (χ4v) is 4.59. The van der Waals surface area contributed by atoms with Crippen LogP contribution in [-0.2, 0) is 11.3 Å². The van der Waals surface area contributed by atoms with Gasteiger partial charge in [0, 0.05) is 23.2 Å². The lowest BCUT2D eigenvalue weighted by Crippen LogP contribution is -2.31. The summed E-state index contributed by atoms with van der Waals surface area (Å²) in [5, 5.41) is 0. The second-order valence-electron chi connectivity index (χ2n) is 8.64. The second kappa shape index (κ2) is 10.8. The van der Waals surface area contributed by atoms with Crippen LogP contribution in [0, 0.1) is 0 Å². The molecule has 4 aromatic rings. The number of amides is 1. The Labute approximate surface area is 206 Å². The molecule has 0 bridgehead atoms. The molecule has 35 heavy (non-hydrogen) atoms. The minimum Gasteiger partial charge on any atom is -0.445 e. The maximum Gasteiger partial charge on any atom is 0.410 e. The van der Waals surface area contributed by atoms with Crippen LogP contribution in [0.15, 0.2) is 120 Å². The van der Waals surface area contributed by atoms with Crippen molar-refractivity contribution in [1.29, 1.82) is 0 Å². The number of carbonyl (C=O) groups excluding carboxylic acids is 1. The van der Waals surface area contributed by atoms with E-state index in [0.717, 1.165) is 46.5 Å². The predicted molar refractivity (Wildman–Crippen MR) is 140 cm³/mol. The first kappa shape index (κ1) is 22.6. The Morgan fingerprint density at radius 2 is 1.34 bits per heavy atom. The Kier molecular flexibility index (Phi) is 7.00. The summed E-state index contributed by atoms with van der Waals surface area (Å²) in [6.45, 7) is 0.954. The van der Waals surface area contributed by atoms with Crippen LogP contribution in [0.5, 0.6) is 0 Å². The summed E-state index contributed by atoms with van der Waals surface area (Å²) in [6.07, 6.45) is 1.55. The molecule has 0 aromatic heterocycles. The SMILES string of the molecule is O=C(OCc1ccccc1)N1CCC[C@H]1c1ccccc1N=C(c1ccccc1)c1ccccc1. The summed E-state index contributed by atoms with van der Waals surface area (Å²) in [5.74, 6) is 0. The molecule has 0 aliphatic carbocycles. The highest BCUT2D eigenvalue weighted by Gasteiger charge is 2.32. The summed E-state index contributed by atoms with van der Waals surface area (Å²) in [6, 6.07) is 38.3. The third-order valence-corrected chi connectivity index (χ3v) is 6.31. The first-order chi connectivity index (χ1) is 17.3. The zero-order valence-electron chi connectivity index (χ0n) is 19.6. The van der Waals surface area contributed by atoms with Crippen molar-refractivity contribution in [3.05, 3.63) is 138 Å². The molecule has 4 nitrogen and oxygen atoms in total. The lowest BCUT2D eigenvalue weighted by Gasteiger charge is -2.25. The molecular weight excluding hydrogens is 432 g/mol. The first-order valence-corrected chi connectivity index (χ1v) is 12.1. The zero-order chi connectivity index (χ0) is 23.9. The van der Waals surface area contributed by atoms with Crippen molar-refractivity contribution < 1.29 is 9.53 Å². The standard InChI is InChI=1S/C31H28N2O2/c34-31(35-23-24-13-4-1-5-14-24)33-22-12-21-29(33)27-19-10-11-20-28(27)32-30(25-15-6-2-7-16-25)26-17-8-3-9-18-26/h1-11,13-20,29H,12,21-23H2/t29-/m0/s1. The van der Waals surface area contributed by atoms with Crippen molar-refractivity contribution in [2.24, 2.45) is 4.99 Å². The quantitative estimate of drug-likeness (QED) is 0.283. The highest BCUT2D eigenvalue weighted by molar-refractivity contribution is 6.14. The number of ether oxygens (including phenoxy) is 1. The van der Waals surface area contributed by atoms with Crippen LogP contribution in [0.4, 0.5) is 10.5 Å². The van der Waals surface area contributed by atoms with E-state index in [1.807, 2.05) is 89.8 Å². The molecule has 0 unspecified atom stereocenters. The molecule has 1 amide bonds. The number of likely N-dealkylation sites (tertiary alicyclic amines) is 1. The van der Waals surface area contributed by atoms with Crippen molar-refractivity contribution in [2.75, 3.05) is 6.54 Å². The highest BCUT2D eigenvalue weighted by Crippen LogP contribution is 2.38. The maximum atomic E-state index is 13.0. The molecule has 4 heteroatoms. The van der Waals surface area contributed by atoms with Crippen molar-refractivity contribution in [3.63, 3.8) is 0 Å². The normalized spacial score (nSPS) is 15.0. The Morgan fingerprint density at radius 3 is 2.00 bits per heavy atom. The van der Waals surface area contributed by atoms with E-state index < -0.39 is 0 Å². The van der Waals surface area contributed by atoms with Gasteiger partial charge in [0.25, 0.3) is 0 Å². The van der Waals surface area contributed by atoms with Gasteiger partial charge < -0.3 is 9.64 Å². The molecule has 1 aliphatic heterocycles. The van der Waals surface area contributed by atoms with Crippen molar-refractivity contribution >= 4 is 17.5 Å². The minimum atomic E-state index is -0.276. The molecule has 1 heterocycles. The van der Waals surface area contributed by atoms with Crippen molar-refractivity contribution in [3.8, 4) is 0 Å². The number of hydrogen-bond acceptors (Lipinski definition) is 3. The summed E-state index contributed by atoms with van der Waals surface area (Å²) in [5.41, 5.74) is 5.93. The van der Waals surface area contributed by atoms with E-state index >= 15 is 0 Å². The molecule has 174 valence electrons. The minimum absolute atomic E-state index is 0.0639. The Hall–Kier alpha value is -4.18. The van der Waals surface area contributed by atoms with Gasteiger partial charge in [0.1, 0.15) is 6.61 Å². The summed E-state index contributed by atoms with van der Waals surface area (Å²) in [4.78, 5) is 20.1. The van der Waals surface area contributed by atoms with Gasteiger partial charge in [-0.1, -0.05) is 109 Å². The van der Waals surface area contributed by atoms with Gasteiger partial charge in [-0.15, -0.1) is 0 Å². The van der Waals surface area contributed by atoms with E-state index in [1.165, 1.54) is 0 Å². The third-order valence-electron chi connectivity index (χ3n) is 6.31. The van der Waals surface area contributed by atoms with Gasteiger partial charge in [0.05, 0.1) is 17.4 Å². The lowest BCUT2D eigenvalue weighted by molar-refractivity contribution is 0.0921. The van der Waals surface area contributed by atoms with Crippen molar-refractivity contribution in [2.45, 2.75) is 25.5 Å². The fraction of sp³-hybridized carbons (Fsp3) is 0.161. The smallest absolute Gasteiger partial charge is 0.410 e. The highest BCUT2D eigenvalue weighted by atomic mass is 16.6. The molecule has 5 rings (SSSR count). The number of benzene rings is 4. The van der Waals surface area contributed by atoms with Crippen LogP contribution in [-0.4, -0.2) is 23.2 Å². The molecule has 1 aliphatic rings. The van der Waals surface area contributed by atoms with E-state index in [2.05, 4.69) is 30.3 Å². The van der Waals surface area contributed by atoms with Gasteiger partial charge in [-0.3, -0.25) is 0 Å². The van der Waals surface area contributed by atoms with E-state index in [4.69, 9.17) is 9.73 Å². The molecule has 1 saturated heterocycles. The zero-order valence-corrected chi connectivity index (χ0v) is 19.6. The topological polar surface area (TPSA) is 41.9 Å². The Balaban J connectivity index is 1.46. The van der Waals surface area contributed by atoms with Crippen LogP contribution in [0.2, 0.25) is 0 Å². The van der Waals surface area contributed by atoms with Gasteiger partial charge in [-0.25, -0.2) is 9.79 Å². The van der Waals surface area contributed by atoms with Crippen LogP contribution in [0.3, 0.4) is 0 Å². The Bertz CT molecular complexity index is 1250. The van der Waals surface area contributed by atoms with E-state index in [1.54, 1.807) is 0 Å². The van der Waals surface area contributed by atoms with Gasteiger partial charge in [0.2, 0.25) is 0 Å². The largest absolute Gasteiger partial charge is 0.445 e. The van der Waals surface area contributed by atoms with E-state index in [0.29, 0.717) is 6.54 Å². The first-order valence-electron chi connectivity index (χ1n) is 12.1. The van der Waals surface area contributed by atoms with Crippen molar-refractivity contribution in [1.82, 2.24) is 4.90 Å². The maximum absolute atomic E-state index is 13.0. The molecule has 0 saturated carbocycles. The van der Waals surface area contributed by atoms with Gasteiger partial charge in [0.15, 0.2) is 0 Å². The van der Waals surface area contributed by atoms with Crippen LogP contribution < -0.4 is 0 Å². The number of carbonyl (C=O) groups is 1. The van der Waals surface area contributed by atoms with Gasteiger partial charge in [-0.05, 0) is 24.5 Å². The van der Waals surface area contributed by atoms with Gasteiger partial charge >= 0.3 is 6.09 Å². The molecule has 0 radical (unpaired) electrons. The van der Waals surface area contributed by atoms with Crippen LogP contribution >= 0.6 is 0 Å². The summed E-state index contributed by atoms with van der Waals surface area (Å²) < 4.78 is 5.67. The second-order valence-corrected chi connectivity index (χ2v) is 8.64. The number of rotatable bonds is 6. The van der Waals surface area contributed by atoms with E-state index in [-0.39, 0.29) is 18.7 Å². The summed E-state index contributed by atoms with van der Waals surface area (Å²) in [7, 11) is 0. The number of para-hydroxylation sites is 1. The van der Waals surface area contributed by atoms with Gasteiger partial charge in [-0.2, -0.15) is 0 Å². The molecule has 0 spiro atoms. The van der Waals surface area contributed by atoms with E-state index in [9.17, 15) is 4.79 Å². The molecule has 1 fully saturated rings. The Morgan fingerprint density at radius 1 is 0.771 bits per heavy atom. The summed E-state index contributed by atoms with van der Waals surface area (Å²) >= 11 is 0. The predicted octanol–water partition coefficient (Wildman–Crippen LogP) is 7.33. The monoisotopic (exact) mass is 460 g/mol. The number of aliphatic imine (C=N–C) groups is 1. The molecule has 0 N–H and O–H groups in total. The lowest BCUT2D eigenvalue weighted by atomic mass is 10.00. The molecule has 4 aromatic carbocycles. The van der Waals surface area contributed by atoms with Crippen LogP contribution in [0.1, 0.15) is 41.1 Å². The number of nitrogens with zero attached hydrogens (tertiary/aromatic N) is 2. The fourth-order valence-electron chi connectivity index (χ4n) is 4.59. The van der Waals surface area contributed by atoms with Crippen LogP contribution in [0.25, 0.3) is 0 Å². The number of hydrogen-bond donors (Lipinski definition) is 0. The average Bonchev–Trinajstić information content (AvgIpc) is 3.42. The molecular formula is C31H28N2O2. The average molecular weight is 461 g/mol.